The van der Waals surface area contributed by atoms with Gasteiger partial charge >= 0.3 is 0 Å². The summed E-state index contributed by atoms with van der Waals surface area (Å²) >= 11 is 3.67. The summed E-state index contributed by atoms with van der Waals surface area (Å²) < 4.78 is 1.17. The summed E-state index contributed by atoms with van der Waals surface area (Å²) in [5.41, 5.74) is 9.74. The largest absolute Gasteiger partial charge is 0.381 e. The first-order valence-electron chi connectivity index (χ1n) is 6.85. The Morgan fingerprint density at radius 1 is 1.28 bits per heavy atom. The van der Waals surface area contributed by atoms with E-state index >= 15 is 0 Å². The SMILES string of the molecule is Cc1cc(C)c(NC2CCCCC2CN)c(Br)c1. The molecule has 2 atom stereocenters. The Bertz CT molecular complexity index is 394. The van der Waals surface area contributed by atoms with E-state index in [0.717, 1.165) is 6.54 Å². The van der Waals surface area contributed by atoms with Gasteiger partial charge in [0.15, 0.2) is 0 Å². The van der Waals surface area contributed by atoms with Gasteiger partial charge < -0.3 is 11.1 Å². The summed E-state index contributed by atoms with van der Waals surface area (Å²) in [4.78, 5) is 0. The highest BCUT2D eigenvalue weighted by Crippen LogP contribution is 2.32. The van der Waals surface area contributed by atoms with E-state index < -0.39 is 0 Å². The third kappa shape index (κ3) is 3.07. The molecule has 0 spiro atoms. The first-order valence-corrected chi connectivity index (χ1v) is 7.64. The van der Waals surface area contributed by atoms with Crippen LogP contribution in [0.1, 0.15) is 36.8 Å². The number of anilines is 1. The summed E-state index contributed by atoms with van der Waals surface area (Å²) in [7, 11) is 0. The standard InChI is InChI=1S/C15H23BrN2/c1-10-7-11(2)15(13(16)8-10)18-14-6-4-3-5-12(14)9-17/h7-8,12,14,18H,3-6,9,17H2,1-2H3. The molecule has 1 saturated carbocycles. The third-order valence-corrected chi connectivity index (χ3v) is 4.60. The molecule has 2 nitrogen and oxygen atoms in total. The molecule has 1 aromatic rings. The van der Waals surface area contributed by atoms with Crippen LogP contribution in [0.2, 0.25) is 0 Å². The maximum atomic E-state index is 5.90. The summed E-state index contributed by atoms with van der Waals surface area (Å²) in [5, 5.41) is 3.72. The van der Waals surface area contributed by atoms with Gasteiger partial charge in [-0.2, -0.15) is 0 Å². The smallest absolute Gasteiger partial charge is 0.0516 e. The lowest BCUT2D eigenvalue weighted by Crippen LogP contribution is -2.37. The molecule has 0 aliphatic heterocycles. The van der Waals surface area contributed by atoms with E-state index in [2.05, 4.69) is 47.2 Å². The predicted molar refractivity (Wildman–Crippen MR) is 82.0 cm³/mol. The number of halogens is 1. The lowest BCUT2D eigenvalue weighted by atomic mass is 9.84. The van der Waals surface area contributed by atoms with Crippen LogP contribution in [0.15, 0.2) is 16.6 Å². The van der Waals surface area contributed by atoms with Gasteiger partial charge in [0.25, 0.3) is 0 Å². The Kier molecular flexibility index (Phi) is 4.68. The number of aryl methyl sites for hydroxylation is 2. The lowest BCUT2D eigenvalue weighted by molar-refractivity contribution is 0.332. The van der Waals surface area contributed by atoms with Gasteiger partial charge in [0.2, 0.25) is 0 Å². The molecule has 1 aliphatic rings. The number of nitrogens with one attached hydrogen (secondary N) is 1. The molecule has 1 aliphatic carbocycles. The second-order valence-corrected chi connectivity index (χ2v) is 6.32. The molecule has 2 rings (SSSR count). The molecule has 3 heteroatoms. The van der Waals surface area contributed by atoms with Crippen LogP contribution in [0.25, 0.3) is 0 Å². The van der Waals surface area contributed by atoms with E-state index in [4.69, 9.17) is 5.73 Å². The molecule has 18 heavy (non-hydrogen) atoms. The molecule has 0 radical (unpaired) electrons. The van der Waals surface area contributed by atoms with Crippen molar-refractivity contribution in [2.45, 2.75) is 45.6 Å². The van der Waals surface area contributed by atoms with Crippen LogP contribution < -0.4 is 11.1 Å². The topological polar surface area (TPSA) is 38.0 Å². The average Bonchev–Trinajstić information content (AvgIpc) is 2.34. The second-order valence-electron chi connectivity index (χ2n) is 5.47. The van der Waals surface area contributed by atoms with Crippen molar-refractivity contribution in [1.29, 1.82) is 0 Å². The molecule has 2 unspecified atom stereocenters. The van der Waals surface area contributed by atoms with Crippen molar-refractivity contribution in [2.24, 2.45) is 11.7 Å². The zero-order valence-electron chi connectivity index (χ0n) is 11.3. The summed E-state index contributed by atoms with van der Waals surface area (Å²) in [6.07, 6.45) is 5.14. The monoisotopic (exact) mass is 310 g/mol. The van der Waals surface area contributed by atoms with Crippen molar-refractivity contribution in [2.75, 3.05) is 11.9 Å². The van der Waals surface area contributed by atoms with Crippen molar-refractivity contribution >= 4 is 21.6 Å². The Hall–Kier alpha value is -0.540. The van der Waals surface area contributed by atoms with E-state index in [1.165, 1.54) is 47.0 Å². The number of hydrogen-bond acceptors (Lipinski definition) is 2. The van der Waals surface area contributed by atoms with Crippen LogP contribution in [0.4, 0.5) is 5.69 Å². The molecule has 100 valence electrons. The highest BCUT2D eigenvalue weighted by molar-refractivity contribution is 9.10. The third-order valence-electron chi connectivity index (χ3n) is 3.97. The van der Waals surface area contributed by atoms with Crippen molar-refractivity contribution < 1.29 is 0 Å². The minimum absolute atomic E-state index is 0.529. The first kappa shape index (κ1) is 13.9. The zero-order chi connectivity index (χ0) is 13.1. The number of benzene rings is 1. The van der Waals surface area contributed by atoms with Gasteiger partial charge in [0.05, 0.1) is 5.69 Å². The molecule has 0 saturated heterocycles. The zero-order valence-corrected chi connectivity index (χ0v) is 12.9. The molecule has 1 fully saturated rings. The summed E-state index contributed by atoms with van der Waals surface area (Å²) in [6.45, 7) is 5.09. The van der Waals surface area contributed by atoms with Gasteiger partial charge in [0, 0.05) is 10.5 Å². The Morgan fingerprint density at radius 3 is 2.67 bits per heavy atom. The van der Waals surface area contributed by atoms with Crippen LogP contribution in [-0.4, -0.2) is 12.6 Å². The summed E-state index contributed by atoms with van der Waals surface area (Å²) in [5.74, 6) is 0.617. The molecule has 1 aromatic carbocycles. The number of hydrogen-bond donors (Lipinski definition) is 2. The van der Waals surface area contributed by atoms with Gasteiger partial charge in [0.1, 0.15) is 0 Å². The van der Waals surface area contributed by atoms with E-state index in [0.29, 0.717) is 12.0 Å². The Balaban J connectivity index is 2.17. The van der Waals surface area contributed by atoms with Gasteiger partial charge in [-0.15, -0.1) is 0 Å². The van der Waals surface area contributed by atoms with E-state index in [-0.39, 0.29) is 0 Å². The summed E-state index contributed by atoms with van der Waals surface area (Å²) in [6, 6.07) is 4.93. The fraction of sp³-hybridized carbons (Fsp3) is 0.600. The molecule has 0 bridgehead atoms. The minimum Gasteiger partial charge on any atom is -0.381 e. The average molecular weight is 311 g/mol. The van der Waals surface area contributed by atoms with Crippen LogP contribution >= 0.6 is 15.9 Å². The molecular weight excluding hydrogens is 288 g/mol. The molecule has 0 heterocycles. The maximum Gasteiger partial charge on any atom is 0.0516 e. The number of rotatable bonds is 3. The Morgan fingerprint density at radius 2 is 2.00 bits per heavy atom. The van der Waals surface area contributed by atoms with Crippen molar-refractivity contribution in [3.8, 4) is 0 Å². The molecule has 3 N–H and O–H groups in total. The maximum absolute atomic E-state index is 5.90. The highest BCUT2D eigenvalue weighted by atomic mass is 79.9. The fourth-order valence-corrected chi connectivity index (χ4v) is 3.75. The quantitative estimate of drug-likeness (QED) is 0.885. The van der Waals surface area contributed by atoms with Crippen LogP contribution in [0, 0.1) is 19.8 Å². The van der Waals surface area contributed by atoms with Crippen molar-refractivity contribution in [3.63, 3.8) is 0 Å². The van der Waals surface area contributed by atoms with Crippen LogP contribution in [0.5, 0.6) is 0 Å². The predicted octanol–water partition coefficient (Wildman–Crippen LogP) is 4.00. The molecule has 0 aromatic heterocycles. The van der Waals surface area contributed by atoms with Gasteiger partial charge in [-0.05, 0) is 72.3 Å². The van der Waals surface area contributed by atoms with Crippen molar-refractivity contribution in [3.05, 3.63) is 27.7 Å². The first-order chi connectivity index (χ1) is 8.61. The molecular formula is C15H23BrN2. The fourth-order valence-electron chi connectivity index (χ4n) is 2.96. The van der Waals surface area contributed by atoms with Gasteiger partial charge in [-0.25, -0.2) is 0 Å². The number of nitrogens with two attached hydrogens (primary N) is 1. The van der Waals surface area contributed by atoms with E-state index in [1.54, 1.807) is 0 Å². The normalized spacial score (nSPS) is 24.0. The van der Waals surface area contributed by atoms with E-state index in [9.17, 15) is 0 Å². The van der Waals surface area contributed by atoms with Crippen molar-refractivity contribution in [1.82, 2.24) is 0 Å². The van der Waals surface area contributed by atoms with Crippen LogP contribution in [0.3, 0.4) is 0 Å². The van der Waals surface area contributed by atoms with Gasteiger partial charge in [-0.1, -0.05) is 18.9 Å². The van der Waals surface area contributed by atoms with E-state index in [1.807, 2.05) is 0 Å². The lowest BCUT2D eigenvalue weighted by Gasteiger charge is -2.33. The molecule has 0 amide bonds. The Labute approximate surface area is 118 Å². The minimum atomic E-state index is 0.529. The van der Waals surface area contributed by atoms with Gasteiger partial charge in [-0.3, -0.25) is 0 Å². The highest BCUT2D eigenvalue weighted by Gasteiger charge is 2.24. The second kappa shape index (κ2) is 6.07. The van der Waals surface area contributed by atoms with Crippen LogP contribution in [-0.2, 0) is 0 Å².